The van der Waals surface area contributed by atoms with Gasteiger partial charge in [-0.15, -0.1) is 6.42 Å². The van der Waals surface area contributed by atoms with Crippen molar-refractivity contribution in [1.82, 2.24) is 0 Å². The van der Waals surface area contributed by atoms with Crippen LogP contribution in [0.2, 0.25) is 0 Å². The maximum atomic E-state index is 13.5. The molecule has 0 amide bonds. The van der Waals surface area contributed by atoms with E-state index in [0.717, 1.165) is 29.0 Å². The summed E-state index contributed by atoms with van der Waals surface area (Å²) in [5, 5.41) is 3.37. The Kier molecular flexibility index (Phi) is 7.52. The third-order valence-corrected chi connectivity index (χ3v) is 5.91. The lowest BCUT2D eigenvalue weighted by Gasteiger charge is -2.44. The molecule has 0 saturated heterocycles. The number of nitrogens with one attached hydrogen (secondary N) is 1. The van der Waals surface area contributed by atoms with Crippen LogP contribution in [-0.4, -0.2) is 24.9 Å². The molecule has 0 saturated carbocycles. The first kappa shape index (κ1) is 23.8. The molecule has 1 aliphatic rings. The molecule has 3 aromatic rings. The van der Waals surface area contributed by atoms with Crippen LogP contribution in [-0.2, 0) is 22.4 Å². The molecule has 0 fully saturated rings. The zero-order valence-electron chi connectivity index (χ0n) is 19.6. The Hall–Kier alpha value is -3.33. The maximum absolute atomic E-state index is 13.5. The van der Waals surface area contributed by atoms with Gasteiger partial charge in [-0.05, 0) is 61.7 Å². The van der Waals surface area contributed by atoms with Crippen molar-refractivity contribution in [2.75, 3.05) is 18.5 Å². The van der Waals surface area contributed by atoms with Crippen LogP contribution in [0.15, 0.2) is 72.8 Å². The number of terminal acetylenes is 1. The molecule has 5 heteroatoms. The van der Waals surface area contributed by atoms with Crippen molar-refractivity contribution in [3.8, 4) is 18.1 Å². The van der Waals surface area contributed by atoms with Crippen LogP contribution in [0.4, 0.5) is 10.1 Å². The number of ether oxygens (including phenoxy) is 3. The lowest BCUT2D eigenvalue weighted by atomic mass is 9.87. The number of hydrogen-bond donors (Lipinski definition) is 1. The summed E-state index contributed by atoms with van der Waals surface area (Å²) in [7, 11) is 0. The Bertz CT molecular complexity index is 1140. The SMILES string of the molecule is C#CCOC1C(OCCc2ccccc2)c2cc(NCc3cccc(F)c3)ccc2OC1(C)C. The fourth-order valence-electron chi connectivity index (χ4n) is 4.25. The minimum absolute atomic E-state index is 0.169. The van der Waals surface area contributed by atoms with Gasteiger partial charge < -0.3 is 19.5 Å². The Balaban J connectivity index is 1.56. The zero-order chi connectivity index (χ0) is 24.0. The summed E-state index contributed by atoms with van der Waals surface area (Å²) in [6, 6.07) is 22.7. The molecule has 2 unspecified atom stereocenters. The minimum atomic E-state index is -0.627. The molecule has 1 heterocycles. The van der Waals surface area contributed by atoms with E-state index in [0.29, 0.717) is 13.2 Å². The van der Waals surface area contributed by atoms with Crippen molar-refractivity contribution in [2.45, 2.75) is 44.6 Å². The number of fused-ring (bicyclic) bond motifs is 1. The van der Waals surface area contributed by atoms with Crippen LogP contribution in [0, 0.1) is 18.2 Å². The topological polar surface area (TPSA) is 39.7 Å². The molecule has 1 N–H and O–H groups in total. The Labute approximate surface area is 201 Å². The predicted molar refractivity (Wildman–Crippen MR) is 132 cm³/mol. The fraction of sp³-hybridized carbons (Fsp3) is 0.310. The van der Waals surface area contributed by atoms with Gasteiger partial charge in [-0.2, -0.15) is 0 Å². The monoisotopic (exact) mass is 459 g/mol. The van der Waals surface area contributed by atoms with Gasteiger partial charge in [0.1, 0.15) is 36.0 Å². The van der Waals surface area contributed by atoms with Crippen molar-refractivity contribution in [3.63, 3.8) is 0 Å². The Morgan fingerprint density at radius 3 is 2.56 bits per heavy atom. The number of hydrogen-bond acceptors (Lipinski definition) is 4. The van der Waals surface area contributed by atoms with Crippen LogP contribution >= 0.6 is 0 Å². The smallest absolute Gasteiger partial charge is 0.132 e. The quantitative estimate of drug-likeness (QED) is 0.403. The van der Waals surface area contributed by atoms with E-state index < -0.39 is 5.60 Å². The van der Waals surface area contributed by atoms with E-state index in [1.165, 1.54) is 17.7 Å². The first-order valence-corrected chi connectivity index (χ1v) is 11.5. The minimum Gasteiger partial charge on any atom is -0.485 e. The molecule has 0 spiro atoms. The van der Waals surface area contributed by atoms with E-state index in [9.17, 15) is 4.39 Å². The van der Waals surface area contributed by atoms with Crippen molar-refractivity contribution in [3.05, 3.63) is 95.3 Å². The molecular weight excluding hydrogens is 429 g/mol. The van der Waals surface area contributed by atoms with Gasteiger partial charge in [0, 0.05) is 17.8 Å². The van der Waals surface area contributed by atoms with Crippen molar-refractivity contribution in [2.24, 2.45) is 0 Å². The van der Waals surface area contributed by atoms with Crippen LogP contribution in [0.5, 0.6) is 5.75 Å². The number of halogens is 1. The fourth-order valence-corrected chi connectivity index (χ4v) is 4.25. The first-order chi connectivity index (χ1) is 16.5. The highest BCUT2D eigenvalue weighted by atomic mass is 19.1. The number of rotatable bonds is 9. The van der Waals surface area contributed by atoms with Crippen LogP contribution < -0.4 is 10.1 Å². The molecule has 0 aliphatic carbocycles. The molecule has 0 bridgehead atoms. The number of anilines is 1. The summed E-state index contributed by atoms with van der Waals surface area (Å²) in [5.41, 5.74) is 3.23. The lowest BCUT2D eigenvalue weighted by Crippen LogP contribution is -2.51. The highest BCUT2D eigenvalue weighted by Crippen LogP contribution is 2.44. The molecule has 176 valence electrons. The summed E-state index contributed by atoms with van der Waals surface area (Å²) >= 11 is 0. The average Bonchev–Trinajstić information content (AvgIpc) is 2.82. The summed E-state index contributed by atoms with van der Waals surface area (Å²) in [6.45, 7) is 5.17. The van der Waals surface area contributed by atoms with E-state index in [4.69, 9.17) is 20.6 Å². The van der Waals surface area contributed by atoms with Gasteiger partial charge >= 0.3 is 0 Å². The summed E-state index contributed by atoms with van der Waals surface area (Å²) < 4.78 is 32.3. The van der Waals surface area contributed by atoms with Gasteiger partial charge in [0.15, 0.2) is 0 Å². The Morgan fingerprint density at radius 2 is 1.79 bits per heavy atom. The second-order valence-electron chi connectivity index (χ2n) is 8.90. The second-order valence-corrected chi connectivity index (χ2v) is 8.90. The van der Waals surface area contributed by atoms with Crippen LogP contribution in [0.3, 0.4) is 0 Å². The molecular formula is C29H30FNO3. The summed E-state index contributed by atoms with van der Waals surface area (Å²) in [5.74, 6) is 3.06. The van der Waals surface area contributed by atoms with Gasteiger partial charge in [0.05, 0.1) is 6.61 Å². The maximum Gasteiger partial charge on any atom is 0.132 e. The molecule has 4 nitrogen and oxygen atoms in total. The Morgan fingerprint density at radius 1 is 1.00 bits per heavy atom. The molecule has 4 rings (SSSR count). The largest absolute Gasteiger partial charge is 0.485 e. The predicted octanol–water partition coefficient (Wildman–Crippen LogP) is 5.93. The molecule has 3 aromatic carbocycles. The van der Waals surface area contributed by atoms with Gasteiger partial charge in [-0.25, -0.2) is 4.39 Å². The molecule has 2 atom stereocenters. The van der Waals surface area contributed by atoms with E-state index in [-0.39, 0.29) is 24.6 Å². The zero-order valence-corrected chi connectivity index (χ0v) is 19.6. The van der Waals surface area contributed by atoms with Gasteiger partial charge in [0.25, 0.3) is 0 Å². The second kappa shape index (κ2) is 10.7. The molecule has 0 radical (unpaired) electrons. The third-order valence-electron chi connectivity index (χ3n) is 5.91. The molecule has 1 aliphatic heterocycles. The highest BCUT2D eigenvalue weighted by Gasteiger charge is 2.45. The normalized spacial score (nSPS) is 18.4. The first-order valence-electron chi connectivity index (χ1n) is 11.5. The average molecular weight is 460 g/mol. The van der Waals surface area contributed by atoms with E-state index in [2.05, 4.69) is 23.4 Å². The lowest BCUT2D eigenvalue weighted by molar-refractivity contribution is -0.156. The third kappa shape index (κ3) is 5.77. The van der Waals surface area contributed by atoms with Crippen molar-refractivity contribution < 1.29 is 18.6 Å². The van der Waals surface area contributed by atoms with E-state index in [1.54, 1.807) is 6.07 Å². The molecule has 0 aromatic heterocycles. The van der Waals surface area contributed by atoms with Gasteiger partial charge in [0.2, 0.25) is 0 Å². The van der Waals surface area contributed by atoms with Crippen molar-refractivity contribution in [1.29, 1.82) is 0 Å². The van der Waals surface area contributed by atoms with Gasteiger partial charge in [-0.1, -0.05) is 48.4 Å². The summed E-state index contributed by atoms with van der Waals surface area (Å²) in [4.78, 5) is 0. The van der Waals surface area contributed by atoms with Crippen molar-refractivity contribution >= 4 is 5.69 Å². The standard InChI is InChI=1S/C29H30FNO3/c1-4-16-33-28-27(32-17-15-21-9-6-5-7-10-21)25-19-24(13-14-26(25)34-29(28,2)3)31-20-22-11-8-12-23(30)18-22/h1,5-14,18-19,27-28,31H,15-17,20H2,2-3H3. The van der Waals surface area contributed by atoms with Crippen LogP contribution in [0.25, 0.3) is 0 Å². The van der Waals surface area contributed by atoms with E-state index in [1.807, 2.05) is 56.3 Å². The summed E-state index contributed by atoms with van der Waals surface area (Å²) in [6.07, 6.45) is 5.53. The number of benzene rings is 3. The van der Waals surface area contributed by atoms with Crippen LogP contribution in [0.1, 0.15) is 36.6 Å². The van der Waals surface area contributed by atoms with Gasteiger partial charge in [-0.3, -0.25) is 0 Å². The highest BCUT2D eigenvalue weighted by molar-refractivity contribution is 5.54. The van der Waals surface area contributed by atoms with E-state index >= 15 is 0 Å². The molecule has 34 heavy (non-hydrogen) atoms.